The highest BCUT2D eigenvalue weighted by atomic mass is 32.2. The van der Waals surface area contributed by atoms with Crippen molar-refractivity contribution in [3.8, 4) is 11.5 Å². The number of rotatable bonds is 10. The summed E-state index contributed by atoms with van der Waals surface area (Å²) in [5, 5.41) is 12.4. The first-order chi connectivity index (χ1) is 14.0. The fourth-order valence-corrected chi connectivity index (χ4v) is 3.09. The molecule has 8 heteroatoms. The van der Waals surface area contributed by atoms with Crippen molar-refractivity contribution >= 4 is 29.2 Å². The van der Waals surface area contributed by atoms with Crippen molar-refractivity contribution in [2.24, 2.45) is 5.16 Å². The Labute approximate surface area is 173 Å². The molecule has 0 spiro atoms. The molecule has 0 aliphatic rings. The van der Waals surface area contributed by atoms with Crippen molar-refractivity contribution in [1.82, 2.24) is 0 Å². The van der Waals surface area contributed by atoms with E-state index in [1.54, 1.807) is 19.1 Å². The number of aliphatic hydroxyl groups is 1. The van der Waals surface area contributed by atoms with Gasteiger partial charge in [-0.25, -0.2) is 4.79 Å². The molecule has 1 N–H and O–H groups in total. The van der Waals surface area contributed by atoms with E-state index < -0.39 is 5.97 Å². The molecule has 7 nitrogen and oxygen atoms in total. The standard InChI is InChI=1S/C21H23NO6S/c1-4-20(24)28-22-14(2)21(25)18-10-9-17(13-19(18)26-3)29-16-7-5-15(6-8-16)27-12-11-23/h5-10,13,23H,4,11-12H2,1-3H3/b22-14+. The van der Waals surface area contributed by atoms with Gasteiger partial charge in [-0.05, 0) is 49.4 Å². The van der Waals surface area contributed by atoms with Crippen LogP contribution in [0.1, 0.15) is 30.6 Å². The number of oxime groups is 1. The van der Waals surface area contributed by atoms with Crippen molar-refractivity contribution in [3.63, 3.8) is 0 Å². The molecule has 29 heavy (non-hydrogen) atoms. The van der Waals surface area contributed by atoms with E-state index in [0.717, 1.165) is 9.79 Å². The van der Waals surface area contributed by atoms with Gasteiger partial charge in [0.2, 0.25) is 5.78 Å². The van der Waals surface area contributed by atoms with Crippen LogP contribution in [0.25, 0.3) is 0 Å². The van der Waals surface area contributed by atoms with E-state index in [2.05, 4.69) is 9.99 Å². The Morgan fingerprint density at radius 2 is 1.79 bits per heavy atom. The normalized spacial score (nSPS) is 11.1. The highest BCUT2D eigenvalue weighted by Gasteiger charge is 2.17. The van der Waals surface area contributed by atoms with Crippen LogP contribution in [-0.4, -0.2) is 42.9 Å². The molecule has 0 saturated heterocycles. The van der Waals surface area contributed by atoms with E-state index in [0.29, 0.717) is 17.1 Å². The Balaban J connectivity index is 2.13. The SMILES string of the molecule is CCC(=O)O/N=C(\C)C(=O)c1ccc(Sc2ccc(OCCO)cc2)cc1OC. The van der Waals surface area contributed by atoms with Crippen molar-refractivity contribution in [1.29, 1.82) is 0 Å². The lowest BCUT2D eigenvalue weighted by Crippen LogP contribution is -2.13. The minimum atomic E-state index is -0.511. The van der Waals surface area contributed by atoms with Crippen LogP contribution in [0.3, 0.4) is 0 Å². The van der Waals surface area contributed by atoms with Crippen LogP contribution in [0.15, 0.2) is 57.4 Å². The summed E-state index contributed by atoms with van der Waals surface area (Å²) in [4.78, 5) is 30.3. The summed E-state index contributed by atoms with van der Waals surface area (Å²) in [7, 11) is 1.48. The molecule has 0 aliphatic carbocycles. The Bertz CT molecular complexity index is 879. The van der Waals surface area contributed by atoms with Crippen LogP contribution in [0.5, 0.6) is 11.5 Å². The third-order valence-electron chi connectivity index (χ3n) is 3.74. The maximum atomic E-state index is 12.6. The number of methoxy groups -OCH3 is 1. The molecule has 0 aliphatic heterocycles. The Morgan fingerprint density at radius 1 is 1.10 bits per heavy atom. The van der Waals surface area contributed by atoms with Crippen molar-refractivity contribution in [3.05, 3.63) is 48.0 Å². The number of carbonyl (C=O) groups excluding carboxylic acids is 2. The summed E-state index contributed by atoms with van der Waals surface area (Å²) >= 11 is 1.50. The highest BCUT2D eigenvalue weighted by Crippen LogP contribution is 2.33. The third-order valence-corrected chi connectivity index (χ3v) is 4.74. The van der Waals surface area contributed by atoms with Crippen molar-refractivity contribution in [2.45, 2.75) is 30.1 Å². The van der Waals surface area contributed by atoms with Crippen LogP contribution < -0.4 is 9.47 Å². The Hall–Kier alpha value is -2.84. The molecule has 0 bridgehead atoms. The van der Waals surface area contributed by atoms with Gasteiger partial charge < -0.3 is 19.4 Å². The third kappa shape index (κ3) is 6.62. The van der Waals surface area contributed by atoms with Crippen LogP contribution in [0, 0.1) is 0 Å². The second-order valence-electron chi connectivity index (χ2n) is 5.83. The second-order valence-corrected chi connectivity index (χ2v) is 6.98. The number of carbonyl (C=O) groups is 2. The molecule has 154 valence electrons. The number of Topliss-reactive ketones (excluding diaryl/α,β-unsaturated/α-hetero) is 1. The van der Waals surface area contributed by atoms with E-state index >= 15 is 0 Å². The van der Waals surface area contributed by atoms with Gasteiger partial charge in [0.1, 0.15) is 23.8 Å². The first kappa shape index (κ1) is 22.4. The summed E-state index contributed by atoms with van der Waals surface area (Å²) < 4.78 is 10.7. The minimum Gasteiger partial charge on any atom is -0.496 e. The lowest BCUT2D eigenvalue weighted by Gasteiger charge is -2.10. The first-order valence-electron chi connectivity index (χ1n) is 8.97. The monoisotopic (exact) mass is 417 g/mol. The van der Waals surface area contributed by atoms with Gasteiger partial charge in [0.05, 0.1) is 19.3 Å². The molecular formula is C21H23NO6S. The molecule has 0 saturated carbocycles. The molecule has 2 aromatic carbocycles. The fraction of sp³-hybridized carbons (Fsp3) is 0.286. The molecular weight excluding hydrogens is 394 g/mol. The number of hydrogen-bond acceptors (Lipinski definition) is 8. The second kappa shape index (κ2) is 11.2. The molecule has 2 rings (SSSR count). The lowest BCUT2D eigenvalue weighted by atomic mass is 10.1. The molecule has 0 fully saturated rings. The quantitative estimate of drug-likeness (QED) is 0.272. The van der Waals surface area contributed by atoms with E-state index in [4.69, 9.17) is 14.6 Å². The summed E-state index contributed by atoms with van der Waals surface area (Å²) in [5.41, 5.74) is 0.391. The summed E-state index contributed by atoms with van der Waals surface area (Å²) in [6.45, 7) is 3.34. The average Bonchev–Trinajstić information content (AvgIpc) is 2.76. The largest absolute Gasteiger partial charge is 0.496 e. The topological polar surface area (TPSA) is 94.4 Å². The molecule has 2 aromatic rings. The van der Waals surface area contributed by atoms with Crippen LogP contribution >= 0.6 is 11.8 Å². The molecule has 0 radical (unpaired) electrons. The van der Waals surface area contributed by atoms with Crippen molar-refractivity contribution in [2.75, 3.05) is 20.3 Å². The zero-order chi connectivity index (χ0) is 21.2. The summed E-state index contributed by atoms with van der Waals surface area (Å²) in [6, 6.07) is 12.7. The zero-order valence-corrected chi connectivity index (χ0v) is 17.3. The van der Waals surface area contributed by atoms with Gasteiger partial charge in [0.15, 0.2) is 0 Å². The summed E-state index contributed by atoms with van der Waals surface area (Å²) in [6.07, 6.45) is 0.175. The van der Waals surface area contributed by atoms with Crippen LogP contribution in [0.2, 0.25) is 0 Å². The van der Waals surface area contributed by atoms with Gasteiger partial charge in [-0.2, -0.15) is 0 Å². The number of benzene rings is 2. The molecule has 0 heterocycles. The molecule has 0 atom stereocenters. The number of ether oxygens (including phenoxy) is 2. The van der Waals surface area contributed by atoms with Crippen molar-refractivity contribution < 1.29 is 29.0 Å². The van der Waals surface area contributed by atoms with Gasteiger partial charge >= 0.3 is 5.97 Å². The minimum absolute atomic E-state index is 0.0351. The maximum absolute atomic E-state index is 12.6. The zero-order valence-electron chi connectivity index (χ0n) is 16.5. The first-order valence-corrected chi connectivity index (χ1v) is 9.78. The predicted octanol–water partition coefficient (Wildman–Crippen LogP) is 3.73. The Morgan fingerprint density at radius 3 is 2.41 bits per heavy atom. The smallest absolute Gasteiger partial charge is 0.334 e. The number of ketones is 1. The van der Waals surface area contributed by atoms with Gasteiger partial charge in [-0.15, -0.1) is 0 Å². The molecule has 0 unspecified atom stereocenters. The molecule has 0 aromatic heterocycles. The fourth-order valence-electron chi connectivity index (χ4n) is 2.25. The van der Waals surface area contributed by atoms with E-state index in [1.165, 1.54) is 25.8 Å². The van der Waals surface area contributed by atoms with E-state index in [1.807, 2.05) is 30.3 Å². The van der Waals surface area contributed by atoms with E-state index in [-0.39, 0.29) is 31.1 Å². The van der Waals surface area contributed by atoms with E-state index in [9.17, 15) is 9.59 Å². The Kier molecular flexibility index (Phi) is 8.69. The average molecular weight is 417 g/mol. The number of nitrogens with zero attached hydrogens (tertiary/aromatic N) is 1. The summed E-state index contributed by atoms with van der Waals surface area (Å²) in [5.74, 6) is 0.191. The van der Waals surface area contributed by atoms with Gasteiger partial charge in [-0.3, -0.25) is 4.79 Å². The molecule has 0 amide bonds. The van der Waals surface area contributed by atoms with Gasteiger partial charge in [0.25, 0.3) is 0 Å². The number of aliphatic hydroxyl groups excluding tert-OH is 1. The van der Waals surface area contributed by atoms with Crippen LogP contribution in [0.4, 0.5) is 0 Å². The van der Waals surface area contributed by atoms with Gasteiger partial charge in [-0.1, -0.05) is 23.8 Å². The number of hydrogen-bond donors (Lipinski definition) is 1. The van der Waals surface area contributed by atoms with Crippen LogP contribution in [-0.2, 0) is 9.63 Å². The predicted molar refractivity (Wildman–Crippen MR) is 110 cm³/mol. The highest BCUT2D eigenvalue weighted by molar-refractivity contribution is 7.99. The lowest BCUT2D eigenvalue weighted by molar-refractivity contribution is -0.143. The maximum Gasteiger partial charge on any atom is 0.334 e. The van der Waals surface area contributed by atoms with Gasteiger partial charge in [0, 0.05) is 16.2 Å².